The maximum absolute atomic E-state index is 14.9. The van der Waals surface area contributed by atoms with Crippen LogP contribution in [0.2, 0.25) is 5.02 Å². The Kier molecular flexibility index (Phi) is 8.57. The molecule has 194 valence electrons. The molecule has 12 heteroatoms. The van der Waals surface area contributed by atoms with Crippen LogP contribution in [0.15, 0.2) is 30.3 Å². The maximum atomic E-state index is 14.9. The minimum Gasteiger partial charge on any atom is -0.507 e. The summed E-state index contributed by atoms with van der Waals surface area (Å²) in [6.45, 7) is 1.43. The van der Waals surface area contributed by atoms with Crippen molar-refractivity contribution in [2.75, 3.05) is 5.32 Å². The van der Waals surface area contributed by atoms with Crippen LogP contribution in [0, 0.1) is 11.6 Å². The normalized spacial score (nSPS) is 13.0. The first kappa shape index (κ1) is 27.4. The summed E-state index contributed by atoms with van der Waals surface area (Å²) < 4.78 is 63.0. The first-order valence-corrected chi connectivity index (χ1v) is 11.4. The molecule has 1 aliphatic rings. The average Bonchev–Trinajstić information content (AvgIpc) is 3.21. The molecule has 3 aromatic rings. The van der Waals surface area contributed by atoms with Gasteiger partial charge in [0.25, 0.3) is 5.91 Å². The van der Waals surface area contributed by atoms with E-state index in [1.165, 1.54) is 12.1 Å². The van der Waals surface area contributed by atoms with Crippen molar-refractivity contribution in [1.82, 2.24) is 9.55 Å². The van der Waals surface area contributed by atoms with Crippen molar-refractivity contribution in [1.29, 1.82) is 0 Å². The lowest BCUT2D eigenvalue weighted by Crippen LogP contribution is -2.15. The van der Waals surface area contributed by atoms with Gasteiger partial charge in [-0.25, -0.2) is 13.8 Å². The Bertz CT molecular complexity index is 1240. The number of imidazole rings is 1. The Hall–Kier alpha value is -3.18. The first-order valence-electron chi connectivity index (χ1n) is 11.0. The average molecular weight is 532 g/mol. The van der Waals surface area contributed by atoms with Gasteiger partial charge in [0.05, 0.1) is 34.1 Å². The molecule has 4 rings (SSSR count). The van der Waals surface area contributed by atoms with E-state index in [9.17, 15) is 37.0 Å². The van der Waals surface area contributed by atoms with Gasteiger partial charge < -0.3 is 20.1 Å². The van der Waals surface area contributed by atoms with Gasteiger partial charge >= 0.3 is 6.18 Å². The van der Waals surface area contributed by atoms with Gasteiger partial charge in [-0.3, -0.25) is 4.79 Å². The molecule has 0 bridgehead atoms. The van der Waals surface area contributed by atoms with Crippen LogP contribution in [-0.2, 0) is 19.6 Å². The highest BCUT2D eigenvalue weighted by Gasteiger charge is 2.25. The zero-order chi connectivity index (χ0) is 26.6. The minimum absolute atomic E-state index is 0.0100. The zero-order valence-corrected chi connectivity index (χ0v) is 19.9. The number of amides is 1. The van der Waals surface area contributed by atoms with Crippen molar-refractivity contribution in [2.45, 2.75) is 51.9 Å². The highest BCUT2D eigenvalue weighted by Crippen LogP contribution is 2.34. The summed E-state index contributed by atoms with van der Waals surface area (Å²) in [5.74, 6) is -2.65. The fraction of sp³-hybridized carbons (Fsp3) is 0.333. The summed E-state index contributed by atoms with van der Waals surface area (Å²) in [6, 6.07) is 5.87. The Morgan fingerprint density at radius 2 is 1.89 bits per heavy atom. The van der Waals surface area contributed by atoms with E-state index in [1.807, 2.05) is 4.57 Å². The summed E-state index contributed by atoms with van der Waals surface area (Å²) >= 11 is 5.90. The smallest absolute Gasteiger partial charge is 0.388 e. The molecule has 0 atom stereocenters. The van der Waals surface area contributed by atoms with Gasteiger partial charge in [-0.05, 0) is 43.5 Å². The topological polar surface area (TPSA) is 87.4 Å². The third kappa shape index (κ3) is 6.14. The Labute approximate surface area is 208 Å². The lowest BCUT2D eigenvalue weighted by Gasteiger charge is -2.18. The molecule has 0 unspecified atom stereocenters. The summed E-state index contributed by atoms with van der Waals surface area (Å²) in [5, 5.41) is 22.2. The van der Waals surface area contributed by atoms with Crippen LogP contribution in [0.3, 0.4) is 0 Å². The molecule has 1 aliphatic heterocycles. The number of para-hydroxylation sites is 1. The van der Waals surface area contributed by atoms with E-state index in [4.69, 9.17) is 11.6 Å². The fourth-order valence-electron chi connectivity index (χ4n) is 3.66. The summed E-state index contributed by atoms with van der Waals surface area (Å²) in [4.78, 5) is 16.8. The quantitative estimate of drug-likeness (QED) is 0.348. The molecule has 2 heterocycles. The number of hydrogen-bond donors (Lipinski definition) is 3. The lowest BCUT2D eigenvalue weighted by atomic mass is 10.1. The predicted molar refractivity (Wildman–Crippen MR) is 124 cm³/mol. The number of phenolic OH excluding ortho intramolecular Hbond substituents is 1. The van der Waals surface area contributed by atoms with Gasteiger partial charge in [0.1, 0.15) is 23.2 Å². The number of carbonyl (C=O) groups is 1. The molecule has 1 amide bonds. The maximum Gasteiger partial charge on any atom is 0.388 e. The van der Waals surface area contributed by atoms with Gasteiger partial charge in [-0.15, -0.1) is 0 Å². The molecule has 36 heavy (non-hydrogen) atoms. The van der Waals surface area contributed by atoms with Gasteiger partial charge in [0, 0.05) is 18.7 Å². The van der Waals surface area contributed by atoms with E-state index in [2.05, 4.69) is 10.3 Å². The molecule has 6 nitrogen and oxygen atoms in total. The molecular formula is C24H23ClF5N3O3. The molecule has 0 saturated carbocycles. The molecule has 1 aromatic heterocycles. The number of rotatable bonds is 4. The molecule has 0 spiro atoms. The van der Waals surface area contributed by atoms with Crippen LogP contribution in [0.25, 0.3) is 11.4 Å². The van der Waals surface area contributed by atoms with Crippen LogP contribution in [-0.4, -0.2) is 31.8 Å². The fourth-order valence-corrected chi connectivity index (χ4v) is 3.87. The number of phenols is 1. The van der Waals surface area contributed by atoms with E-state index in [1.54, 1.807) is 0 Å². The van der Waals surface area contributed by atoms with Crippen LogP contribution in [0.4, 0.5) is 27.6 Å². The van der Waals surface area contributed by atoms with E-state index in [0.29, 0.717) is 12.2 Å². The van der Waals surface area contributed by atoms with Crippen LogP contribution < -0.4 is 5.32 Å². The monoisotopic (exact) mass is 531 g/mol. The molecule has 0 fully saturated rings. The number of halogens is 6. The highest BCUT2D eigenvalue weighted by molar-refractivity contribution is 6.34. The van der Waals surface area contributed by atoms with Crippen molar-refractivity contribution in [2.24, 2.45) is 0 Å². The summed E-state index contributed by atoms with van der Waals surface area (Å²) in [5.41, 5.74) is 0.690. The first-order chi connectivity index (χ1) is 17.0. The second-order valence-electron chi connectivity index (χ2n) is 7.96. The lowest BCUT2D eigenvalue weighted by molar-refractivity contribution is -0.130. The van der Waals surface area contributed by atoms with Crippen molar-refractivity contribution < 1.29 is 37.0 Å². The van der Waals surface area contributed by atoms with E-state index >= 15 is 0 Å². The second kappa shape index (κ2) is 11.3. The van der Waals surface area contributed by atoms with Crippen molar-refractivity contribution in [3.63, 3.8) is 0 Å². The van der Waals surface area contributed by atoms with Gasteiger partial charge in [0.15, 0.2) is 0 Å². The number of nitrogens with one attached hydrogen (secondary N) is 1. The SMILES string of the molecule is CCC(F)(F)F.O=C(Nc1c(F)cccc1Cl)c1cc(F)c(-c2nc(CO)c3n2CCCC3)cc1O. The number of nitrogens with zero attached hydrogens (tertiary/aromatic N) is 2. The number of alkyl halides is 3. The molecule has 0 aliphatic carbocycles. The predicted octanol–water partition coefficient (Wildman–Crippen LogP) is 6.23. The van der Waals surface area contributed by atoms with E-state index in [0.717, 1.165) is 50.1 Å². The molecule has 2 aromatic carbocycles. The Balaban J connectivity index is 0.000000538. The second-order valence-corrected chi connectivity index (χ2v) is 8.37. The minimum atomic E-state index is -3.96. The standard InChI is InChI=1S/C21H18ClF2N3O3.C3H5F3/c22-13-4-3-5-14(23)19(13)26-21(30)12-8-15(24)11(9-18(12)29)20-25-16(10-28)17-6-1-2-7-27(17)20;1-2-3(4,5)6/h3-5,8-9,28-29H,1-2,6-7,10H2,(H,26,30);2H2,1H3. The third-order valence-corrected chi connectivity index (χ3v) is 5.84. The number of aromatic hydroxyl groups is 1. The Morgan fingerprint density at radius 1 is 1.19 bits per heavy atom. The summed E-state index contributed by atoms with van der Waals surface area (Å²) in [7, 11) is 0. The van der Waals surface area contributed by atoms with Gasteiger partial charge in [-0.1, -0.05) is 24.6 Å². The van der Waals surface area contributed by atoms with Gasteiger partial charge in [-0.2, -0.15) is 13.2 Å². The van der Waals surface area contributed by atoms with Crippen molar-refractivity contribution in [3.8, 4) is 17.1 Å². The Morgan fingerprint density at radius 3 is 2.50 bits per heavy atom. The molecule has 0 radical (unpaired) electrons. The van der Waals surface area contributed by atoms with Crippen molar-refractivity contribution in [3.05, 3.63) is 63.9 Å². The van der Waals surface area contributed by atoms with Crippen LogP contribution in [0.5, 0.6) is 5.75 Å². The summed E-state index contributed by atoms with van der Waals surface area (Å²) in [6.07, 6.45) is -2.13. The number of carbonyl (C=O) groups excluding carboxylic acids is 1. The number of fused-ring (bicyclic) bond motifs is 1. The van der Waals surface area contributed by atoms with Crippen LogP contribution in [0.1, 0.15) is 47.9 Å². The molecule has 3 N–H and O–H groups in total. The number of aliphatic hydroxyl groups is 1. The highest BCUT2D eigenvalue weighted by atomic mass is 35.5. The zero-order valence-electron chi connectivity index (χ0n) is 19.1. The van der Waals surface area contributed by atoms with Crippen LogP contribution >= 0.6 is 11.6 Å². The van der Waals surface area contributed by atoms with E-state index in [-0.39, 0.29) is 34.3 Å². The number of hydrogen-bond acceptors (Lipinski definition) is 4. The third-order valence-electron chi connectivity index (χ3n) is 5.52. The van der Waals surface area contributed by atoms with Gasteiger partial charge in [0.2, 0.25) is 0 Å². The number of aromatic nitrogens is 2. The number of anilines is 1. The van der Waals surface area contributed by atoms with E-state index < -0.39 is 35.9 Å². The number of aliphatic hydroxyl groups excluding tert-OH is 1. The largest absolute Gasteiger partial charge is 0.507 e. The molecular weight excluding hydrogens is 509 g/mol. The number of benzene rings is 2. The molecule has 0 saturated heterocycles. The van der Waals surface area contributed by atoms with Crippen molar-refractivity contribution >= 4 is 23.2 Å².